The van der Waals surface area contributed by atoms with Gasteiger partial charge in [-0.2, -0.15) is 13.2 Å². The van der Waals surface area contributed by atoms with Crippen LogP contribution in [0.2, 0.25) is 0 Å². The fourth-order valence-electron chi connectivity index (χ4n) is 2.33. The van der Waals surface area contributed by atoms with Crippen molar-refractivity contribution in [2.45, 2.75) is 6.18 Å². The first-order valence-electron chi connectivity index (χ1n) is 7.60. The second-order valence-corrected chi connectivity index (χ2v) is 7.47. The largest absolute Gasteiger partial charge is 0.497 e. The summed E-state index contributed by atoms with van der Waals surface area (Å²) >= 11 is 0. The van der Waals surface area contributed by atoms with Gasteiger partial charge in [0.05, 0.1) is 30.3 Å². The minimum Gasteiger partial charge on any atom is -0.497 e. The van der Waals surface area contributed by atoms with Gasteiger partial charge in [0.2, 0.25) is 15.9 Å². The number of amides is 1. The van der Waals surface area contributed by atoms with Crippen LogP contribution in [0.15, 0.2) is 48.5 Å². The van der Waals surface area contributed by atoms with Crippen molar-refractivity contribution in [1.82, 2.24) is 0 Å². The molecule has 2 aromatic rings. The molecule has 2 rings (SSSR count). The number of halogens is 3. The zero-order valence-corrected chi connectivity index (χ0v) is 15.3. The third-order valence-electron chi connectivity index (χ3n) is 3.54. The Labute approximate surface area is 154 Å². The highest BCUT2D eigenvalue weighted by molar-refractivity contribution is 7.92. The van der Waals surface area contributed by atoms with Crippen molar-refractivity contribution < 1.29 is 31.1 Å². The van der Waals surface area contributed by atoms with Crippen molar-refractivity contribution in [2.24, 2.45) is 0 Å². The van der Waals surface area contributed by atoms with Gasteiger partial charge in [0, 0.05) is 6.07 Å². The Bertz CT molecular complexity index is 930. The predicted octanol–water partition coefficient (Wildman–Crippen LogP) is 3.12. The molecule has 2 aromatic carbocycles. The van der Waals surface area contributed by atoms with Crippen LogP contribution in [0.5, 0.6) is 5.75 Å². The Morgan fingerprint density at radius 3 is 2.41 bits per heavy atom. The van der Waals surface area contributed by atoms with Gasteiger partial charge in [-0.15, -0.1) is 0 Å². The topological polar surface area (TPSA) is 75.7 Å². The fraction of sp³-hybridized carbons (Fsp3) is 0.235. The quantitative estimate of drug-likeness (QED) is 0.806. The molecule has 0 aliphatic carbocycles. The zero-order chi connectivity index (χ0) is 20.2. The number of hydrogen-bond donors (Lipinski definition) is 1. The Balaban J connectivity index is 2.28. The molecule has 0 spiro atoms. The van der Waals surface area contributed by atoms with Crippen LogP contribution in [0.25, 0.3) is 0 Å². The second-order valence-electron chi connectivity index (χ2n) is 5.56. The van der Waals surface area contributed by atoms with Gasteiger partial charge in [0.15, 0.2) is 0 Å². The van der Waals surface area contributed by atoms with Crippen molar-refractivity contribution in [1.29, 1.82) is 0 Å². The normalized spacial score (nSPS) is 11.7. The smallest absolute Gasteiger partial charge is 0.418 e. The van der Waals surface area contributed by atoms with E-state index in [4.69, 9.17) is 4.74 Å². The molecule has 0 bridgehead atoms. The van der Waals surface area contributed by atoms with E-state index in [-0.39, 0.29) is 5.69 Å². The molecule has 0 saturated carbocycles. The first kappa shape index (κ1) is 20.6. The maximum Gasteiger partial charge on any atom is 0.418 e. The molecular weight excluding hydrogens is 385 g/mol. The summed E-state index contributed by atoms with van der Waals surface area (Å²) in [6.07, 6.45) is -3.77. The molecule has 6 nitrogen and oxygen atoms in total. The maximum atomic E-state index is 13.0. The number of carbonyl (C=O) groups excluding carboxylic acids is 1. The molecule has 0 fully saturated rings. The Morgan fingerprint density at radius 2 is 1.81 bits per heavy atom. The lowest BCUT2D eigenvalue weighted by atomic mass is 10.1. The van der Waals surface area contributed by atoms with Crippen molar-refractivity contribution in [3.8, 4) is 5.75 Å². The van der Waals surface area contributed by atoms with Crippen LogP contribution in [0.3, 0.4) is 0 Å². The highest BCUT2D eigenvalue weighted by atomic mass is 32.2. The number of hydrogen-bond acceptors (Lipinski definition) is 4. The van der Waals surface area contributed by atoms with E-state index in [9.17, 15) is 26.4 Å². The molecule has 0 heterocycles. The van der Waals surface area contributed by atoms with Gasteiger partial charge in [0.1, 0.15) is 12.3 Å². The standard InChI is InChI=1S/C17H17F3N2O4S/c1-26-13-7-5-6-12(10-13)22(27(2,24)25)11-16(23)21-15-9-4-3-8-14(15)17(18,19)20/h3-10H,11H2,1-2H3,(H,21,23). The number of anilines is 2. The number of nitrogens with zero attached hydrogens (tertiary/aromatic N) is 1. The number of sulfonamides is 1. The molecule has 0 unspecified atom stereocenters. The molecule has 0 aliphatic rings. The number of rotatable bonds is 6. The van der Waals surface area contributed by atoms with E-state index >= 15 is 0 Å². The number of carbonyl (C=O) groups is 1. The summed E-state index contributed by atoms with van der Waals surface area (Å²) in [6.45, 7) is -0.696. The first-order chi connectivity index (χ1) is 12.5. The molecule has 27 heavy (non-hydrogen) atoms. The third-order valence-corrected chi connectivity index (χ3v) is 4.68. The second kappa shape index (κ2) is 7.87. The van der Waals surface area contributed by atoms with Gasteiger partial charge < -0.3 is 10.1 Å². The average Bonchev–Trinajstić information content (AvgIpc) is 2.58. The van der Waals surface area contributed by atoms with Gasteiger partial charge >= 0.3 is 6.18 Å². The SMILES string of the molecule is COc1cccc(N(CC(=O)Nc2ccccc2C(F)(F)F)S(C)(=O)=O)c1. The molecule has 0 atom stereocenters. The van der Waals surface area contributed by atoms with Crippen LogP contribution in [0.4, 0.5) is 24.5 Å². The van der Waals surface area contributed by atoms with Gasteiger partial charge in [-0.3, -0.25) is 9.10 Å². The summed E-state index contributed by atoms with van der Waals surface area (Å²) in [5, 5.41) is 2.12. The fourth-order valence-corrected chi connectivity index (χ4v) is 3.17. The van der Waals surface area contributed by atoms with Gasteiger partial charge in [-0.1, -0.05) is 18.2 Å². The molecular formula is C17H17F3N2O4S. The lowest BCUT2D eigenvalue weighted by Gasteiger charge is -2.22. The molecule has 1 N–H and O–H groups in total. The number of methoxy groups -OCH3 is 1. The Morgan fingerprint density at radius 1 is 1.15 bits per heavy atom. The Hall–Kier alpha value is -2.75. The van der Waals surface area contributed by atoms with Crippen LogP contribution in [0.1, 0.15) is 5.56 Å². The van der Waals surface area contributed by atoms with Crippen molar-refractivity contribution in [2.75, 3.05) is 29.5 Å². The average molecular weight is 402 g/mol. The van der Waals surface area contributed by atoms with E-state index in [0.29, 0.717) is 5.75 Å². The summed E-state index contributed by atoms with van der Waals surface area (Å²) in [7, 11) is -2.48. The van der Waals surface area contributed by atoms with Crippen LogP contribution in [0, 0.1) is 0 Å². The van der Waals surface area contributed by atoms with Crippen molar-refractivity contribution in [3.05, 3.63) is 54.1 Å². The van der Waals surface area contributed by atoms with Crippen molar-refractivity contribution >= 4 is 27.3 Å². The lowest BCUT2D eigenvalue weighted by molar-refractivity contribution is -0.137. The number of benzene rings is 2. The molecule has 1 amide bonds. The molecule has 0 aliphatic heterocycles. The van der Waals surface area contributed by atoms with Crippen LogP contribution in [-0.2, 0) is 21.0 Å². The summed E-state index contributed by atoms with van der Waals surface area (Å²) in [5.41, 5.74) is -1.32. The molecule has 0 aromatic heterocycles. The molecule has 0 saturated heterocycles. The molecule has 146 valence electrons. The minimum absolute atomic E-state index is 0.149. The first-order valence-corrected chi connectivity index (χ1v) is 9.45. The highest BCUT2D eigenvalue weighted by Gasteiger charge is 2.33. The molecule has 10 heteroatoms. The number of alkyl halides is 3. The van der Waals surface area contributed by atoms with Gasteiger partial charge in [-0.25, -0.2) is 8.42 Å². The number of nitrogens with one attached hydrogen (secondary N) is 1. The van der Waals surface area contributed by atoms with E-state index < -0.39 is 39.9 Å². The summed E-state index contributed by atoms with van der Waals surface area (Å²) in [5.74, 6) is -0.552. The summed E-state index contributed by atoms with van der Waals surface area (Å²) < 4.78 is 69.0. The van der Waals surface area contributed by atoms with E-state index in [2.05, 4.69) is 5.32 Å². The molecule has 0 radical (unpaired) electrons. The van der Waals surface area contributed by atoms with Gasteiger partial charge in [0.25, 0.3) is 0 Å². The monoisotopic (exact) mass is 402 g/mol. The maximum absolute atomic E-state index is 13.0. The minimum atomic E-state index is -4.66. The predicted molar refractivity (Wildman–Crippen MR) is 95.3 cm³/mol. The Kier molecular flexibility index (Phi) is 5.99. The zero-order valence-electron chi connectivity index (χ0n) is 14.4. The summed E-state index contributed by atoms with van der Waals surface area (Å²) in [6, 6.07) is 10.4. The van der Waals surface area contributed by atoms with E-state index in [1.54, 1.807) is 6.07 Å². The van der Waals surface area contributed by atoms with Gasteiger partial charge in [-0.05, 0) is 24.3 Å². The van der Waals surface area contributed by atoms with Crippen LogP contribution >= 0.6 is 0 Å². The number of para-hydroxylation sites is 1. The lowest BCUT2D eigenvalue weighted by Crippen LogP contribution is -2.37. The van der Waals surface area contributed by atoms with E-state index in [0.717, 1.165) is 22.7 Å². The highest BCUT2D eigenvalue weighted by Crippen LogP contribution is 2.34. The van der Waals surface area contributed by atoms with E-state index in [1.165, 1.54) is 37.4 Å². The summed E-state index contributed by atoms with van der Waals surface area (Å²) in [4.78, 5) is 12.3. The third kappa shape index (κ3) is 5.36. The van der Waals surface area contributed by atoms with Crippen molar-refractivity contribution in [3.63, 3.8) is 0 Å². The van der Waals surface area contributed by atoms with Crippen LogP contribution < -0.4 is 14.4 Å². The van der Waals surface area contributed by atoms with E-state index in [1.807, 2.05) is 0 Å². The number of ether oxygens (including phenoxy) is 1. The van der Waals surface area contributed by atoms with Crippen LogP contribution in [-0.4, -0.2) is 34.2 Å².